The minimum atomic E-state index is -2.47. The second-order valence-corrected chi connectivity index (χ2v) is 22.2. The second-order valence-electron chi connectivity index (χ2n) is 9.30. The fourth-order valence-electron chi connectivity index (χ4n) is 4.26. The van der Waals surface area contributed by atoms with Crippen molar-refractivity contribution >= 4 is 42.7 Å². The van der Waals surface area contributed by atoms with Gasteiger partial charge in [-0.05, 0) is 12.1 Å². The number of anilines is 1. The Morgan fingerprint density at radius 1 is 0.452 bits per heavy atom. The summed E-state index contributed by atoms with van der Waals surface area (Å²) in [6.07, 6.45) is 0. The van der Waals surface area contributed by atoms with E-state index in [1.54, 1.807) is 0 Å². The molecule has 5 rings (SSSR count). The number of nitrogen functional groups attached to an aromatic ring is 1. The van der Waals surface area contributed by atoms with Crippen molar-refractivity contribution in [1.29, 1.82) is 10.5 Å². The van der Waals surface area contributed by atoms with E-state index in [9.17, 15) is 10.5 Å². The summed E-state index contributed by atoms with van der Waals surface area (Å²) in [6, 6.07) is 57.4. The number of para-hydroxylation sites is 1. The van der Waals surface area contributed by atoms with E-state index in [1.807, 2.05) is 30.3 Å². The van der Waals surface area contributed by atoms with E-state index in [-0.39, 0.29) is 0 Å². The van der Waals surface area contributed by atoms with Crippen molar-refractivity contribution in [2.75, 3.05) is 15.0 Å². The Balaban J connectivity index is 0.000000507. The minimum Gasteiger partial charge on any atom is -0.399 e. The number of nitrogens with zero attached hydrogens (tertiary/aromatic N) is 2. The summed E-state index contributed by atoms with van der Waals surface area (Å²) in [6.45, 7) is 0. The quantitative estimate of drug-likeness (QED) is 0.0947. The molecule has 42 heavy (non-hydrogen) atoms. The van der Waals surface area contributed by atoms with Gasteiger partial charge in [-0.1, -0.05) is 18.2 Å². The average Bonchev–Trinajstić information content (AvgIpc) is 3.05. The van der Waals surface area contributed by atoms with Gasteiger partial charge in [-0.25, -0.2) is 0 Å². The third kappa shape index (κ3) is 9.20. The molecule has 0 spiro atoms. The molecule has 5 aromatic carbocycles. The van der Waals surface area contributed by atoms with Gasteiger partial charge in [0.2, 0.25) is 0 Å². The number of nitriles is 2. The predicted octanol–water partition coefficient (Wildman–Crippen LogP) is 7.47. The molecule has 0 aliphatic carbocycles. The molecule has 0 saturated carbocycles. The Kier molecular flexibility index (Phi) is 12.5. The van der Waals surface area contributed by atoms with Crippen LogP contribution in [-0.2, 0) is 15.5 Å². The molecule has 6 heteroatoms. The van der Waals surface area contributed by atoms with E-state index in [1.165, 1.54) is 21.2 Å². The van der Waals surface area contributed by atoms with Gasteiger partial charge in [0.25, 0.3) is 0 Å². The molecule has 0 aliphatic heterocycles. The van der Waals surface area contributed by atoms with Crippen LogP contribution in [0.4, 0.5) is 5.69 Å². The minimum absolute atomic E-state index is 0.523. The van der Waals surface area contributed by atoms with Crippen LogP contribution in [0, 0.1) is 22.7 Å². The smallest absolute Gasteiger partial charge is 0.0313 e. The molecular weight excluding hydrogens is 643 g/mol. The van der Waals surface area contributed by atoms with Crippen LogP contribution < -0.4 is 27.0 Å². The second kappa shape index (κ2) is 16.7. The van der Waals surface area contributed by atoms with Gasteiger partial charge in [0, 0.05) is 5.69 Å². The molecule has 0 aromatic heterocycles. The first-order valence-electron chi connectivity index (χ1n) is 13.4. The number of nitrogens with two attached hydrogens (primary N) is 1. The molecule has 0 fully saturated rings. The molecular formula is C36H35N3P2Pd. The van der Waals surface area contributed by atoms with Crippen LogP contribution in [0.1, 0.15) is 0 Å². The van der Waals surface area contributed by atoms with Crippen LogP contribution >= 0.6 is 15.8 Å². The van der Waals surface area contributed by atoms with Crippen molar-refractivity contribution in [3.63, 3.8) is 0 Å². The van der Waals surface area contributed by atoms with Crippen molar-refractivity contribution in [2.45, 2.75) is 9.79 Å². The van der Waals surface area contributed by atoms with Crippen molar-refractivity contribution in [1.82, 2.24) is 0 Å². The Bertz CT molecular complexity index is 1370. The van der Waals surface area contributed by atoms with Crippen molar-refractivity contribution in [3.05, 3.63) is 152 Å². The fraction of sp³-hybridized carbons (Fsp3) is 0.111. The van der Waals surface area contributed by atoms with Crippen molar-refractivity contribution in [2.24, 2.45) is 0 Å². The maximum absolute atomic E-state index is 10.0. The van der Waals surface area contributed by atoms with Crippen LogP contribution in [0.3, 0.4) is 0 Å². The van der Waals surface area contributed by atoms with Crippen LogP contribution in [0.2, 0.25) is 9.79 Å². The predicted molar refractivity (Wildman–Crippen MR) is 180 cm³/mol. The zero-order chi connectivity index (χ0) is 29.5. The standard InChI is InChI=1S/2C13H12P.C6H7N.2C2H2N.Pd/c2*1-14(12-8-4-2-5-9-12)13-10-6-3-7-11-13;7-6-4-2-1-3-5-6;2*1-2-3;/h2*2-11H,1H2;1-5H,7H2;2*1H2;. The van der Waals surface area contributed by atoms with E-state index in [2.05, 4.69) is 133 Å². The molecule has 0 amide bonds. The van der Waals surface area contributed by atoms with Crippen LogP contribution in [0.25, 0.3) is 0 Å². The first kappa shape index (κ1) is 31.3. The number of rotatable bonds is 10. The summed E-state index contributed by atoms with van der Waals surface area (Å²) in [5, 5.41) is 25.4. The Morgan fingerprint density at radius 3 is 0.929 bits per heavy atom. The fourth-order valence-corrected chi connectivity index (χ4v) is 23.2. The van der Waals surface area contributed by atoms with Crippen molar-refractivity contribution in [3.8, 4) is 12.1 Å². The molecule has 0 aliphatic rings. The van der Waals surface area contributed by atoms with Gasteiger partial charge in [-0.15, -0.1) is 0 Å². The normalized spacial score (nSPS) is 11.1. The van der Waals surface area contributed by atoms with Gasteiger partial charge in [0.15, 0.2) is 0 Å². The summed E-state index contributed by atoms with van der Waals surface area (Å²) in [4.78, 5) is 1.05. The number of hydrogen-bond donors (Lipinski definition) is 1. The van der Waals surface area contributed by atoms with Gasteiger partial charge in [-0.3, -0.25) is 0 Å². The molecule has 0 unspecified atom stereocenters. The molecule has 5 aromatic rings. The number of benzene rings is 5. The molecule has 2 N–H and O–H groups in total. The van der Waals surface area contributed by atoms with Crippen LogP contribution in [0.5, 0.6) is 0 Å². The first-order valence-corrected chi connectivity index (χ1v) is 20.9. The van der Waals surface area contributed by atoms with E-state index in [0.717, 1.165) is 15.0 Å². The Morgan fingerprint density at radius 2 is 0.714 bits per heavy atom. The molecule has 0 atom stereocenters. The van der Waals surface area contributed by atoms with E-state index in [4.69, 9.17) is 5.73 Å². The molecule has 0 heterocycles. The largest absolute Gasteiger partial charge is 0.399 e. The van der Waals surface area contributed by atoms with Crippen LogP contribution in [-0.4, -0.2) is 9.27 Å². The monoisotopic (exact) mass is 677 g/mol. The van der Waals surface area contributed by atoms with E-state index in [0.29, 0.717) is 9.79 Å². The van der Waals surface area contributed by atoms with Gasteiger partial charge in [-0.2, -0.15) is 0 Å². The van der Waals surface area contributed by atoms with Gasteiger partial charge >= 0.3 is 216 Å². The van der Waals surface area contributed by atoms with Gasteiger partial charge in [0.1, 0.15) is 0 Å². The van der Waals surface area contributed by atoms with E-state index >= 15 is 0 Å². The zero-order valence-corrected chi connectivity index (χ0v) is 26.8. The third-order valence-electron chi connectivity index (χ3n) is 6.27. The molecule has 214 valence electrons. The topological polar surface area (TPSA) is 73.6 Å². The first-order chi connectivity index (χ1) is 20.6. The summed E-state index contributed by atoms with van der Waals surface area (Å²) in [5.74, 6) is 0. The van der Waals surface area contributed by atoms with Crippen LogP contribution in [0.15, 0.2) is 152 Å². The van der Waals surface area contributed by atoms with Crippen molar-refractivity contribution < 1.29 is 15.5 Å². The summed E-state index contributed by atoms with van der Waals surface area (Å²) in [7, 11) is -1.31. The molecule has 0 bridgehead atoms. The van der Waals surface area contributed by atoms with E-state index < -0.39 is 31.4 Å². The van der Waals surface area contributed by atoms with Gasteiger partial charge < -0.3 is 5.73 Å². The maximum Gasteiger partial charge on any atom is 0.0313 e. The molecule has 0 radical (unpaired) electrons. The SMILES string of the molecule is N#C[CH2][Pd]([CH2]C#N)([CH2]P(c1ccccc1)c1ccccc1)[CH2]P(c1ccccc1)c1ccccc1.Nc1ccccc1. The number of hydrogen-bond acceptors (Lipinski definition) is 3. The molecule has 3 nitrogen and oxygen atoms in total. The third-order valence-corrected chi connectivity index (χ3v) is 23.2. The zero-order valence-electron chi connectivity index (χ0n) is 23.4. The summed E-state index contributed by atoms with van der Waals surface area (Å²) in [5.41, 5.74) is 6.18. The molecule has 0 saturated heterocycles. The Hall–Kier alpha value is -3.60. The summed E-state index contributed by atoms with van der Waals surface area (Å²) >= 11 is -2.47. The van der Waals surface area contributed by atoms with Gasteiger partial charge in [0.05, 0.1) is 0 Å². The maximum atomic E-state index is 10.0. The summed E-state index contributed by atoms with van der Waals surface area (Å²) < 4.78 is 1.93. The average molecular weight is 678 g/mol. The Labute approximate surface area is 256 Å².